The van der Waals surface area contributed by atoms with Gasteiger partial charge < -0.3 is 10.1 Å². The molecule has 0 aliphatic rings. The number of carbonyl (C=O) groups is 1. The summed E-state index contributed by atoms with van der Waals surface area (Å²) < 4.78 is 29.2. The summed E-state index contributed by atoms with van der Waals surface area (Å²) >= 11 is 0. The van der Waals surface area contributed by atoms with Crippen LogP contribution in [0.5, 0.6) is 5.75 Å². The molecule has 0 aliphatic carbocycles. The fourth-order valence-corrected chi connectivity index (χ4v) is 2.63. The van der Waals surface area contributed by atoms with Crippen molar-refractivity contribution in [3.63, 3.8) is 0 Å². The van der Waals surface area contributed by atoms with Gasteiger partial charge in [0, 0.05) is 0 Å². The molecular formula is C15H17N3O4S. The molecule has 2 aromatic rings. The summed E-state index contributed by atoms with van der Waals surface area (Å²) in [6.07, 6.45) is 0. The fourth-order valence-electron chi connectivity index (χ4n) is 1.79. The number of ether oxygens (including phenoxy) is 1. The van der Waals surface area contributed by atoms with Crippen molar-refractivity contribution in [3.8, 4) is 5.75 Å². The second-order valence-corrected chi connectivity index (χ2v) is 6.38. The zero-order valence-electron chi connectivity index (χ0n) is 12.7. The molecule has 0 bridgehead atoms. The van der Waals surface area contributed by atoms with Gasteiger partial charge in [0.2, 0.25) is 0 Å². The third kappa shape index (κ3) is 4.44. The Kier molecular flexibility index (Phi) is 5.20. The molecule has 7 nitrogen and oxygen atoms in total. The average Bonchev–Trinajstić information content (AvgIpc) is 2.54. The molecule has 8 heteroatoms. The van der Waals surface area contributed by atoms with Gasteiger partial charge in [0.25, 0.3) is 10.0 Å². The van der Waals surface area contributed by atoms with Gasteiger partial charge in [-0.2, -0.15) is 0 Å². The molecule has 2 amide bonds. The maximum absolute atomic E-state index is 12.0. The smallest absolute Gasteiger partial charge is 0.334 e. The minimum Gasteiger partial charge on any atom is -0.495 e. The van der Waals surface area contributed by atoms with E-state index in [-0.39, 0.29) is 4.90 Å². The minimum atomic E-state index is -3.83. The molecule has 23 heavy (non-hydrogen) atoms. The molecule has 0 saturated heterocycles. The number of anilines is 1. The molecule has 0 aliphatic heterocycles. The van der Waals surface area contributed by atoms with Crippen LogP contribution >= 0.6 is 0 Å². The van der Waals surface area contributed by atoms with Crippen LogP contribution < -0.4 is 20.3 Å². The van der Waals surface area contributed by atoms with Gasteiger partial charge in [-0.25, -0.2) is 13.2 Å². The van der Waals surface area contributed by atoms with E-state index in [4.69, 9.17) is 4.74 Å². The highest BCUT2D eigenvalue weighted by Gasteiger charge is 2.15. The molecule has 0 fully saturated rings. The van der Waals surface area contributed by atoms with Gasteiger partial charge in [-0.1, -0.05) is 29.8 Å². The number of carbonyl (C=O) groups excluding carboxylic acids is 1. The van der Waals surface area contributed by atoms with Crippen LogP contribution in [0.1, 0.15) is 5.56 Å². The summed E-state index contributed by atoms with van der Waals surface area (Å²) in [4.78, 5) is 13.9. The first-order valence-electron chi connectivity index (χ1n) is 6.71. The minimum absolute atomic E-state index is 0.0562. The lowest BCUT2D eigenvalue weighted by Gasteiger charge is -2.12. The predicted molar refractivity (Wildman–Crippen MR) is 86.6 cm³/mol. The molecule has 2 rings (SSSR count). The van der Waals surface area contributed by atoms with Gasteiger partial charge in [-0.3, -0.25) is 5.43 Å². The summed E-state index contributed by atoms with van der Waals surface area (Å²) in [5, 5.41) is 2.49. The first-order chi connectivity index (χ1) is 10.9. The van der Waals surface area contributed by atoms with Crippen molar-refractivity contribution in [2.24, 2.45) is 0 Å². The largest absolute Gasteiger partial charge is 0.495 e. The third-order valence-electron chi connectivity index (χ3n) is 2.99. The lowest BCUT2D eigenvalue weighted by Crippen LogP contribution is -2.43. The number of urea groups is 1. The standard InChI is InChI=1S/C15H17N3O4S/c1-11-7-9-12(10-8-11)23(20,21)18-17-15(19)16-13-5-3-4-6-14(13)22-2/h3-10,18H,1-2H3,(H2,16,17,19). The van der Waals surface area contributed by atoms with Crippen molar-refractivity contribution in [2.45, 2.75) is 11.8 Å². The van der Waals surface area contributed by atoms with Crippen LogP contribution in [-0.4, -0.2) is 21.6 Å². The second kappa shape index (κ2) is 7.12. The molecule has 2 aromatic carbocycles. The second-order valence-electron chi connectivity index (χ2n) is 4.70. The van der Waals surface area contributed by atoms with E-state index in [1.165, 1.54) is 19.2 Å². The molecule has 0 radical (unpaired) electrons. The number of amides is 2. The normalized spacial score (nSPS) is 10.9. The summed E-state index contributed by atoms with van der Waals surface area (Å²) in [7, 11) is -2.36. The van der Waals surface area contributed by atoms with Crippen molar-refractivity contribution >= 4 is 21.7 Å². The molecule has 3 N–H and O–H groups in total. The molecular weight excluding hydrogens is 318 g/mol. The number of para-hydroxylation sites is 2. The Balaban J connectivity index is 2.00. The maximum Gasteiger partial charge on any atom is 0.334 e. The van der Waals surface area contributed by atoms with Crippen LogP contribution in [0.15, 0.2) is 53.4 Å². The van der Waals surface area contributed by atoms with E-state index in [1.807, 2.05) is 11.8 Å². The first kappa shape index (κ1) is 16.8. The number of hydrazine groups is 1. The number of rotatable bonds is 5. The van der Waals surface area contributed by atoms with Crippen molar-refractivity contribution in [2.75, 3.05) is 12.4 Å². The Hall–Kier alpha value is -2.58. The molecule has 0 spiro atoms. The number of nitrogens with one attached hydrogen (secondary N) is 3. The Morgan fingerprint density at radius 2 is 1.70 bits per heavy atom. The molecule has 0 heterocycles. The van der Waals surface area contributed by atoms with Crippen molar-refractivity contribution in [3.05, 3.63) is 54.1 Å². The van der Waals surface area contributed by atoms with Crippen LogP contribution in [0.3, 0.4) is 0 Å². The number of hydrogen-bond donors (Lipinski definition) is 3. The monoisotopic (exact) mass is 335 g/mol. The quantitative estimate of drug-likeness (QED) is 0.728. The van der Waals surface area contributed by atoms with Crippen LogP contribution in [0.2, 0.25) is 0 Å². The number of hydrogen-bond acceptors (Lipinski definition) is 4. The molecule has 0 aromatic heterocycles. The SMILES string of the molecule is COc1ccccc1NC(=O)NNS(=O)(=O)c1ccc(C)cc1. The molecule has 0 unspecified atom stereocenters. The molecule has 122 valence electrons. The van der Waals surface area contributed by atoms with Gasteiger partial charge in [-0.05, 0) is 31.2 Å². The number of methoxy groups -OCH3 is 1. The van der Waals surface area contributed by atoms with Gasteiger partial charge in [0.05, 0.1) is 17.7 Å². The Morgan fingerprint density at radius 1 is 1.04 bits per heavy atom. The summed E-state index contributed by atoms with van der Waals surface area (Å²) in [5.74, 6) is 0.462. The summed E-state index contributed by atoms with van der Waals surface area (Å²) in [5.41, 5.74) is 3.45. The van der Waals surface area contributed by atoms with Gasteiger partial charge in [0.1, 0.15) is 5.75 Å². The number of aryl methyl sites for hydroxylation is 1. The zero-order chi connectivity index (χ0) is 16.9. The van der Waals surface area contributed by atoms with E-state index in [9.17, 15) is 13.2 Å². The molecule has 0 saturated carbocycles. The average molecular weight is 335 g/mol. The van der Waals surface area contributed by atoms with Crippen molar-refractivity contribution < 1.29 is 17.9 Å². The van der Waals surface area contributed by atoms with Crippen LogP contribution in [0.25, 0.3) is 0 Å². The van der Waals surface area contributed by atoms with Crippen LogP contribution in [0.4, 0.5) is 10.5 Å². The van der Waals surface area contributed by atoms with Gasteiger partial charge >= 0.3 is 6.03 Å². The summed E-state index contributed by atoms with van der Waals surface area (Å²) in [6.45, 7) is 1.85. The summed E-state index contributed by atoms with van der Waals surface area (Å²) in [6, 6.07) is 12.3. The first-order valence-corrected chi connectivity index (χ1v) is 8.19. The lowest BCUT2D eigenvalue weighted by molar-refractivity contribution is 0.250. The molecule has 0 atom stereocenters. The van der Waals surface area contributed by atoms with E-state index in [1.54, 1.807) is 36.4 Å². The van der Waals surface area contributed by atoms with E-state index in [2.05, 4.69) is 10.7 Å². The highest BCUT2D eigenvalue weighted by atomic mass is 32.2. The zero-order valence-corrected chi connectivity index (χ0v) is 13.5. The lowest BCUT2D eigenvalue weighted by atomic mass is 10.2. The van der Waals surface area contributed by atoms with Gasteiger partial charge in [0.15, 0.2) is 0 Å². The van der Waals surface area contributed by atoms with Crippen LogP contribution in [-0.2, 0) is 10.0 Å². The number of sulfonamides is 1. The third-order valence-corrected chi connectivity index (χ3v) is 4.25. The van der Waals surface area contributed by atoms with E-state index < -0.39 is 16.1 Å². The highest BCUT2D eigenvalue weighted by molar-refractivity contribution is 7.89. The van der Waals surface area contributed by atoms with E-state index in [0.29, 0.717) is 11.4 Å². The topological polar surface area (TPSA) is 96.5 Å². The highest BCUT2D eigenvalue weighted by Crippen LogP contribution is 2.22. The fraction of sp³-hybridized carbons (Fsp3) is 0.133. The Labute approximate surface area is 134 Å². The van der Waals surface area contributed by atoms with Crippen molar-refractivity contribution in [1.82, 2.24) is 10.3 Å². The van der Waals surface area contributed by atoms with Crippen LogP contribution in [0, 0.1) is 6.92 Å². The van der Waals surface area contributed by atoms with Crippen molar-refractivity contribution in [1.29, 1.82) is 0 Å². The van der Waals surface area contributed by atoms with E-state index >= 15 is 0 Å². The van der Waals surface area contributed by atoms with Gasteiger partial charge in [-0.15, -0.1) is 4.83 Å². The Bertz CT molecular complexity index is 789. The Morgan fingerprint density at radius 3 is 2.35 bits per heavy atom. The maximum atomic E-state index is 12.0. The number of benzene rings is 2. The predicted octanol–water partition coefficient (Wildman–Crippen LogP) is 2.02. The van der Waals surface area contributed by atoms with E-state index in [0.717, 1.165) is 5.56 Å².